The summed E-state index contributed by atoms with van der Waals surface area (Å²) in [5.41, 5.74) is 4.89. The molecular weight excluding hydrogens is 436 g/mol. The van der Waals surface area contributed by atoms with Crippen LogP contribution in [0.4, 0.5) is 11.4 Å². The normalized spacial score (nSPS) is 10.9. The van der Waals surface area contributed by atoms with Crippen LogP contribution in [0, 0.1) is 20.2 Å². The van der Waals surface area contributed by atoms with Crippen LogP contribution in [0.3, 0.4) is 0 Å². The van der Waals surface area contributed by atoms with Crippen molar-refractivity contribution in [3.05, 3.63) is 104 Å². The van der Waals surface area contributed by atoms with Gasteiger partial charge in [0.2, 0.25) is 0 Å². The molecule has 166 valence electrons. The molecule has 3 aromatic rings. The van der Waals surface area contributed by atoms with Gasteiger partial charge in [0.1, 0.15) is 0 Å². The van der Waals surface area contributed by atoms with Gasteiger partial charge in [-0.05, 0) is 12.1 Å². The van der Waals surface area contributed by atoms with E-state index in [2.05, 4.69) is 21.1 Å². The number of furan rings is 1. The van der Waals surface area contributed by atoms with E-state index in [1.165, 1.54) is 61.0 Å². The molecule has 2 amide bonds. The molecule has 2 N–H and O–H groups in total. The van der Waals surface area contributed by atoms with Gasteiger partial charge in [-0.2, -0.15) is 10.2 Å². The van der Waals surface area contributed by atoms with Gasteiger partial charge in [0, 0.05) is 35.4 Å². The molecule has 33 heavy (non-hydrogen) atoms. The summed E-state index contributed by atoms with van der Waals surface area (Å²) in [5.74, 6) is -1.93. The maximum atomic E-state index is 12.1. The predicted molar refractivity (Wildman–Crippen MR) is 115 cm³/mol. The van der Waals surface area contributed by atoms with Crippen LogP contribution in [-0.4, -0.2) is 34.1 Å². The molecule has 1 aromatic heterocycles. The molecule has 0 aliphatic rings. The molecule has 0 aliphatic carbocycles. The maximum absolute atomic E-state index is 12.1. The van der Waals surface area contributed by atoms with Crippen molar-refractivity contribution in [1.29, 1.82) is 0 Å². The second-order valence-electron chi connectivity index (χ2n) is 6.27. The fourth-order valence-electron chi connectivity index (χ4n) is 2.46. The highest BCUT2D eigenvalue weighted by Gasteiger charge is 2.15. The Morgan fingerprint density at radius 3 is 1.58 bits per heavy atom. The Morgan fingerprint density at radius 2 is 1.18 bits per heavy atom. The topological polar surface area (TPSA) is 182 Å². The van der Waals surface area contributed by atoms with Crippen LogP contribution < -0.4 is 10.9 Å². The summed E-state index contributed by atoms with van der Waals surface area (Å²) in [6.45, 7) is 0. The molecule has 13 heteroatoms. The molecule has 0 radical (unpaired) electrons. The van der Waals surface area contributed by atoms with E-state index in [1.807, 2.05) is 0 Å². The minimum atomic E-state index is -0.754. The summed E-state index contributed by atoms with van der Waals surface area (Å²) in [5, 5.41) is 28.9. The molecule has 0 atom stereocenters. The molecule has 0 unspecified atom stereocenters. The number of nitro benzene ring substituents is 2. The molecule has 0 spiro atoms. The van der Waals surface area contributed by atoms with Crippen LogP contribution >= 0.6 is 0 Å². The smallest absolute Gasteiger partial charge is 0.307 e. The zero-order valence-corrected chi connectivity index (χ0v) is 16.6. The third-order valence-corrected chi connectivity index (χ3v) is 3.98. The van der Waals surface area contributed by atoms with Crippen molar-refractivity contribution in [3.63, 3.8) is 0 Å². The summed E-state index contributed by atoms with van der Waals surface area (Å²) >= 11 is 0. The molecule has 2 aromatic carbocycles. The number of hydrogen-bond acceptors (Lipinski definition) is 9. The molecule has 0 bridgehead atoms. The third kappa shape index (κ3) is 6.14. The second kappa shape index (κ2) is 10.2. The van der Waals surface area contributed by atoms with Gasteiger partial charge in [-0.25, -0.2) is 10.9 Å². The number of benzene rings is 2. The number of nitrogens with one attached hydrogen (secondary N) is 2. The third-order valence-electron chi connectivity index (χ3n) is 3.98. The molecule has 0 saturated carbocycles. The number of hydrazone groups is 2. The van der Waals surface area contributed by atoms with Crippen LogP contribution in [-0.2, 0) is 0 Å². The average Bonchev–Trinajstić information content (AvgIpc) is 3.30. The number of carbonyl (C=O) groups excluding carboxylic acids is 2. The molecule has 0 aliphatic heterocycles. The first-order valence-corrected chi connectivity index (χ1v) is 9.09. The summed E-state index contributed by atoms with van der Waals surface area (Å²) in [6, 6.07) is 13.8. The Bertz CT molecular complexity index is 1190. The number of rotatable bonds is 8. The summed E-state index contributed by atoms with van der Waals surface area (Å²) < 4.78 is 5.16. The maximum Gasteiger partial charge on any atom is 0.307 e. The van der Waals surface area contributed by atoms with Crippen molar-refractivity contribution in [2.45, 2.75) is 0 Å². The highest BCUT2D eigenvalue weighted by molar-refractivity contribution is 5.96. The van der Waals surface area contributed by atoms with Crippen molar-refractivity contribution in [1.82, 2.24) is 10.9 Å². The van der Waals surface area contributed by atoms with Gasteiger partial charge in [0.05, 0.1) is 22.3 Å². The van der Waals surface area contributed by atoms with E-state index in [0.717, 1.165) is 0 Å². The minimum absolute atomic E-state index is 0.125. The first-order chi connectivity index (χ1) is 15.8. The zero-order valence-electron chi connectivity index (χ0n) is 16.6. The van der Waals surface area contributed by atoms with E-state index in [0.29, 0.717) is 11.1 Å². The molecule has 0 fully saturated rings. The number of amides is 2. The lowest BCUT2D eigenvalue weighted by Gasteiger charge is -1.98. The monoisotopic (exact) mass is 450 g/mol. The second-order valence-corrected chi connectivity index (χ2v) is 6.27. The Balaban J connectivity index is 1.56. The van der Waals surface area contributed by atoms with Crippen molar-refractivity contribution >= 4 is 35.6 Å². The molecule has 1 heterocycles. The Labute approximate surface area is 184 Å². The highest BCUT2D eigenvalue weighted by Crippen LogP contribution is 2.13. The number of hydrogen-bond donors (Lipinski definition) is 2. The number of non-ortho nitro benzene ring substituents is 2. The summed E-state index contributed by atoms with van der Waals surface area (Å²) in [4.78, 5) is 44.6. The van der Waals surface area contributed by atoms with E-state index in [9.17, 15) is 29.8 Å². The Kier molecular flexibility index (Phi) is 6.96. The SMILES string of the molecule is O=C(N/N=C/c1cccc([N+](=O)[O-])c1)c1ccc(C(=O)N/N=C/c2cccc([N+](=O)[O-])c2)o1. The largest absolute Gasteiger partial charge is 0.446 e. The summed E-state index contributed by atoms with van der Waals surface area (Å²) in [7, 11) is 0. The number of nitro groups is 2. The number of carbonyl (C=O) groups is 2. The van der Waals surface area contributed by atoms with Crippen LogP contribution in [0.2, 0.25) is 0 Å². The molecule has 3 rings (SSSR count). The van der Waals surface area contributed by atoms with Crippen LogP contribution in [0.25, 0.3) is 0 Å². The van der Waals surface area contributed by atoms with E-state index in [1.54, 1.807) is 12.1 Å². The molecular formula is C20H14N6O7. The molecule has 13 nitrogen and oxygen atoms in total. The Hall–Kier alpha value is -5.20. The van der Waals surface area contributed by atoms with Crippen molar-refractivity contribution in [2.24, 2.45) is 10.2 Å². The van der Waals surface area contributed by atoms with Gasteiger partial charge in [-0.3, -0.25) is 29.8 Å². The minimum Gasteiger partial charge on any atom is -0.446 e. The van der Waals surface area contributed by atoms with Gasteiger partial charge in [-0.15, -0.1) is 0 Å². The van der Waals surface area contributed by atoms with E-state index in [-0.39, 0.29) is 22.9 Å². The first kappa shape index (κ1) is 22.5. The van der Waals surface area contributed by atoms with Gasteiger partial charge in [-0.1, -0.05) is 24.3 Å². The van der Waals surface area contributed by atoms with Crippen molar-refractivity contribution in [3.8, 4) is 0 Å². The highest BCUT2D eigenvalue weighted by atomic mass is 16.6. The van der Waals surface area contributed by atoms with Gasteiger partial charge >= 0.3 is 11.8 Å². The van der Waals surface area contributed by atoms with Crippen molar-refractivity contribution in [2.75, 3.05) is 0 Å². The summed E-state index contributed by atoms with van der Waals surface area (Å²) in [6.07, 6.45) is 2.42. The van der Waals surface area contributed by atoms with E-state index >= 15 is 0 Å². The standard InChI is InChI=1S/C20H14N6O7/c27-19(23-21-11-13-3-1-5-15(9-13)25(29)30)17-7-8-18(33-17)20(28)24-22-12-14-4-2-6-16(10-14)26(31)32/h1-12H,(H,23,27)(H,24,28)/b21-11+,22-12+. The van der Waals surface area contributed by atoms with Gasteiger partial charge in [0.15, 0.2) is 11.5 Å². The van der Waals surface area contributed by atoms with E-state index < -0.39 is 21.7 Å². The predicted octanol–water partition coefficient (Wildman–Crippen LogP) is 2.62. The molecule has 0 saturated heterocycles. The lowest BCUT2D eigenvalue weighted by molar-refractivity contribution is -0.385. The van der Waals surface area contributed by atoms with E-state index in [4.69, 9.17) is 4.42 Å². The van der Waals surface area contributed by atoms with Crippen molar-refractivity contribution < 1.29 is 23.9 Å². The van der Waals surface area contributed by atoms with Crippen LogP contribution in [0.15, 0.2) is 75.3 Å². The first-order valence-electron chi connectivity index (χ1n) is 9.09. The average molecular weight is 450 g/mol. The van der Waals surface area contributed by atoms with Gasteiger partial charge in [0.25, 0.3) is 11.4 Å². The fraction of sp³-hybridized carbons (Fsp3) is 0. The fourth-order valence-corrected chi connectivity index (χ4v) is 2.46. The lowest BCUT2D eigenvalue weighted by atomic mass is 10.2. The lowest BCUT2D eigenvalue weighted by Crippen LogP contribution is -2.18. The number of nitrogens with zero attached hydrogens (tertiary/aromatic N) is 4. The quantitative estimate of drug-likeness (QED) is 0.300. The van der Waals surface area contributed by atoms with Gasteiger partial charge < -0.3 is 4.42 Å². The van der Waals surface area contributed by atoms with Crippen LogP contribution in [0.1, 0.15) is 32.2 Å². The Morgan fingerprint density at radius 1 is 0.758 bits per heavy atom. The van der Waals surface area contributed by atoms with Crippen LogP contribution in [0.5, 0.6) is 0 Å². The zero-order chi connectivity index (χ0) is 23.8.